The van der Waals surface area contributed by atoms with Gasteiger partial charge in [-0.2, -0.15) is 0 Å². The molecule has 6 aromatic rings. The smallest absolute Gasteiger partial charge is 0.252 e. The number of nitrogens with zero attached hydrogens (tertiary/aromatic N) is 3. The van der Waals surface area contributed by atoms with Gasteiger partial charge in [0.15, 0.2) is 0 Å². The van der Waals surface area contributed by atoms with E-state index in [1.807, 2.05) is 0 Å². The van der Waals surface area contributed by atoms with Gasteiger partial charge in [-0.05, 0) is 158 Å². The summed E-state index contributed by atoms with van der Waals surface area (Å²) >= 11 is 0. The zero-order valence-corrected chi connectivity index (χ0v) is 44.7. The first-order valence-corrected chi connectivity index (χ1v) is 25.9. The van der Waals surface area contributed by atoms with Gasteiger partial charge in [-0.3, -0.25) is 0 Å². The van der Waals surface area contributed by atoms with E-state index in [1.54, 1.807) is 0 Å². The molecule has 6 aromatic carbocycles. The molecule has 0 bridgehead atoms. The van der Waals surface area contributed by atoms with Crippen LogP contribution in [0.25, 0.3) is 0 Å². The molecule has 0 radical (unpaired) electrons. The normalized spacial score (nSPS) is 20.9. The summed E-state index contributed by atoms with van der Waals surface area (Å²) in [6.45, 7) is 40.8. The van der Waals surface area contributed by atoms with Crippen LogP contribution in [0.1, 0.15) is 170 Å². The maximum atomic E-state index is 2.80. The van der Waals surface area contributed by atoms with Gasteiger partial charge in [-0.1, -0.05) is 177 Å². The van der Waals surface area contributed by atoms with Crippen LogP contribution in [0.3, 0.4) is 0 Å². The van der Waals surface area contributed by atoms with Crippen LogP contribution in [0.2, 0.25) is 0 Å². The maximum Gasteiger partial charge on any atom is 0.252 e. The molecule has 0 aromatic heterocycles. The molecule has 0 saturated heterocycles. The van der Waals surface area contributed by atoms with Crippen LogP contribution >= 0.6 is 0 Å². The summed E-state index contributed by atoms with van der Waals surface area (Å²) in [6.07, 6.45) is 4.90. The van der Waals surface area contributed by atoms with E-state index in [4.69, 9.17) is 0 Å². The number of hydrogen-bond acceptors (Lipinski definition) is 3. The van der Waals surface area contributed by atoms with Crippen LogP contribution in [-0.4, -0.2) is 12.3 Å². The van der Waals surface area contributed by atoms with Crippen LogP contribution in [0.4, 0.5) is 45.5 Å². The Morgan fingerprint density at radius 1 is 0.441 bits per heavy atom. The minimum Gasteiger partial charge on any atom is -0.335 e. The molecule has 0 spiro atoms. The maximum absolute atomic E-state index is 2.80. The Hall–Kier alpha value is -5.22. The van der Waals surface area contributed by atoms with Crippen LogP contribution in [0.15, 0.2) is 115 Å². The highest BCUT2D eigenvalue weighted by molar-refractivity contribution is 7.00. The molecule has 0 amide bonds. The van der Waals surface area contributed by atoms with E-state index < -0.39 is 0 Å². The van der Waals surface area contributed by atoms with Crippen molar-refractivity contribution in [1.29, 1.82) is 0 Å². The monoisotopic (exact) mass is 900 g/mol. The number of anilines is 8. The fourth-order valence-electron chi connectivity index (χ4n) is 13.1. The molecule has 1 fully saturated rings. The molecule has 1 saturated carbocycles. The fraction of sp³-hybridized carbons (Fsp3) is 0.438. The second-order valence-electron chi connectivity index (χ2n) is 26.4. The van der Waals surface area contributed by atoms with Crippen LogP contribution in [0.5, 0.6) is 0 Å². The van der Waals surface area contributed by atoms with Crippen LogP contribution in [-0.2, 0) is 27.1 Å². The predicted octanol–water partition coefficient (Wildman–Crippen LogP) is 16.0. The summed E-state index contributed by atoms with van der Waals surface area (Å²) in [7, 11) is 0. The summed E-state index contributed by atoms with van der Waals surface area (Å²) in [5.74, 6) is 0. The molecule has 68 heavy (non-hydrogen) atoms. The molecule has 4 aliphatic rings. The van der Waals surface area contributed by atoms with Crippen molar-refractivity contribution in [3.63, 3.8) is 0 Å². The molecular weight excluding hydrogens is 822 g/mol. The van der Waals surface area contributed by atoms with Crippen molar-refractivity contribution in [2.45, 2.75) is 176 Å². The van der Waals surface area contributed by atoms with E-state index >= 15 is 0 Å². The lowest BCUT2D eigenvalue weighted by Crippen LogP contribution is -2.67. The van der Waals surface area contributed by atoms with Crippen molar-refractivity contribution in [2.24, 2.45) is 5.41 Å². The first-order chi connectivity index (χ1) is 31.7. The van der Waals surface area contributed by atoms with E-state index in [0.29, 0.717) is 0 Å². The standard InChI is InChI=1S/C64H78BN3/c1-41-36-43(59(5,6)7)26-32-51(41)67-53-33-27-44(60(8,9)10)37-50(53)65-49-31-30-47(68-52-23-19-18-22-48(52)62(14,15)63(16)34-20-21-35-64(63,68)17)40-54(49)66(46-28-24-42(25-29-46)58(2,3)4)55-38-45(61(11,12)13)39-56(67)57(55)65/h18-19,22-33,36-40H,20-21,34-35H2,1-17H3. The second kappa shape index (κ2) is 15.1. The topological polar surface area (TPSA) is 9.72 Å². The number of aryl methyl sites for hydroxylation is 1. The minimum absolute atomic E-state index is 0.0108. The highest BCUT2D eigenvalue weighted by atomic mass is 15.3. The number of para-hydroxylation sites is 1. The van der Waals surface area contributed by atoms with Gasteiger partial charge in [-0.15, -0.1) is 0 Å². The lowest BCUT2D eigenvalue weighted by molar-refractivity contribution is 0.0106. The molecule has 2 unspecified atom stereocenters. The molecule has 4 heteroatoms. The Balaban J connectivity index is 1.31. The van der Waals surface area contributed by atoms with Gasteiger partial charge in [0, 0.05) is 56.5 Å². The van der Waals surface area contributed by atoms with E-state index in [-0.39, 0.29) is 44.7 Å². The van der Waals surface area contributed by atoms with Crippen molar-refractivity contribution in [3.8, 4) is 0 Å². The summed E-state index contributed by atoms with van der Waals surface area (Å²) in [5.41, 5.74) is 22.4. The van der Waals surface area contributed by atoms with Crippen molar-refractivity contribution in [1.82, 2.24) is 0 Å². The van der Waals surface area contributed by atoms with Crippen molar-refractivity contribution >= 4 is 68.6 Å². The molecular formula is C64H78BN3. The molecule has 3 aliphatic heterocycles. The average Bonchev–Trinajstić information content (AvgIpc) is 3.26. The van der Waals surface area contributed by atoms with Gasteiger partial charge in [0.25, 0.3) is 6.71 Å². The Bertz CT molecular complexity index is 2980. The zero-order valence-electron chi connectivity index (χ0n) is 44.7. The highest BCUT2D eigenvalue weighted by Crippen LogP contribution is 2.65. The first kappa shape index (κ1) is 46.5. The zero-order chi connectivity index (χ0) is 48.9. The first-order valence-electron chi connectivity index (χ1n) is 25.9. The summed E-state index contributed by atoms with van der Waals surface area (Å²) in [6, 6.07) is 46.3. The van der Waals surface area contributed by atoms with Gasteiger partial charge in [0.2, 0.25) is 0 Å². The quantitative estimate of drug-likeness (QED) is 0.164. The number of fused-ring (bicyclic) bond motifs is 6. The largest absolute Gasteiger partial charge is 0.335 e. The Labute approximate surface area is 411 Å². The third-order valence-corrected chi connectivity index (χ3v) is 17.8. The minimum atomic E-state index is -0.109. The molecule has 3 nitrogen and oxygen atoms in total. The van der Waals surface area contributed by atoms with Crippen molar-refractivity contribution in [2.75, 3.05) is 14.7 Å². The van der Waals surface area contributed by atoms with Crippen molar-refractivity contribution < 1.29 is 0 Å². The van der Waals surface area contributed by atoms with Gasteiger partial charge in [0.1, 0.15) is 0 Å². The van der Waals surface area contributed by atoms with Gasteiger partial charge in [-0.25, -0.2) is 0 Å². The molecule has 3 heterocycles. The molecule has 2 atom stereocenters. The third-order valence-electron chi connectivity index (χ3n) is 17.8. The summed E-state index contributed by atoms with van der Waals surface area (Å²) in [4.78, 5) is 8.09. The Morgan fingerprint density at radius 2 is 0.985 bits per heavy atom. The molecule has 352 valence electrons. The number of benzene rings is 6. The lowest BCUT2D eigenvalue weighted by Gasteiger charge is -2.66. The van der Waals surface area contributed by atoms with E-state index in [9.17, 15) is 0 Å². The van der Waals surface area contributed by atoms with Crippen LogP contribution < -0.4 is 31.1 Å². The van der Waals surface area contributed by atoms with Gasteiger partial charge in [0.05, 0.1) is 0 Å². The number of rotatable bonds is 3. The third kappa shape index (κ3) is 6.87. The molecule has 10 rings (SSSR count). The number of hydrogen-bond donors (Lipinski definition) is 0. The predicted molar refractivity (Wildman–Crippen MR) is 297 cm³/mol. The lowest BCUT2D eigenvalue weighted by atomic mass is 9.33. The Kier molecular flexibility index (Phi) is 10.4. The molecule has 0 N–H and O–H groups in total. The second-order valence-corrected chi connectivity index (χ2v) is 26.4. The highest BCUT2D eigenvalue weighted by Gasteiger charge is 2.62. The van der Waals surface area contributed by atoms with E-state index in [2.05, 4.69) is 248 Å². The summed E-state index contributed by atoms with van der Waals surface area (Å²) < 4.78 is 0. The van der Waals surface area contributed by atoms with Crippen LogP contribution in [0, 0.1) is 12.3 Å². The van der Waals surface area contributed by atoms with Crippen molar-refractivity contribution in [3.05, 3.63) is 149 Å². The SMILES string of the molecule is Cc1cc(C(C)(C)C)ccc1N1c2ccc(C(C)(C)C)cc2B2c3ccc(N4c5ccccc5C(C)(C)C5(C)CCCCC45C)cc3N(c3ccc(C(C)(C)C)cc3)c3cc(C(C)(C)C)cc1c32. The van der Waals surface area contributed by atoms with E-state index in [1.165, 1.54) is 115 Å². The van der Waals surface area contributed by atoms with E-state index in [0.717, 1.165) is 6.42 Å². The average molecular weight is 900 g/mol. The fourth-order valence-corrected chi connectivity index (χ4v) is 13.1. The van der Waals surface area contributed by atoms with Gasteiger partial charge >= 0.3 is 0 Å². The molecule has 1 aliphatic carbocycles. The van der Waals surface area contributed by atoms with Gasteiger partial charge < -0.3 is 14.7 Å². The Morgan fingerprint density at radius 3 is 1.60 bits per heavy atom. The summed E-state index contributed by atoms with van der Waals surface area (Å²) in [5, 5.41) is 0.